The van der Waals surface area contributed by atoms with Gasteiger partial charge in [-0.05, 0) is 32.1 Å². The number of nitrogens with two attached hydrogens (primary N) is 1. The van der Waals surface area contributed by atoms with Gasteiger partial charge in [0, 0.05) is 6.04 Å². The molecule has 1 aliphatic heterocycles. The Labute approximate surface area is 84.2 Å². The molecule has 0 amide bonds. The van der Waals surface area contributed by atoms with E-state index < -0.39 is 0 Å². The Kier molecular flexibility index (Phi) is 2.17. The van der Waals surface area contributed by atoms with Crippen LogP contribution in [0.2, 0.25) is 0 Å². The van der Waals surface area contributed by atoms with Crippen molar-refractivity contribution < 1.29 is 0 Å². The normalized spacial score (nSPS) is 21.1. The van der Waals surface area contributed by atoms with Crippen LogP contribution in [-0.4, -0.2) is 6.04 Å². The van der Waals surface area contributed by atoms with Crippen LogP contribution in [-0.2, 0) is 0 Å². The molecule has 0 radical (unpaired) electrons. The van der Waals surface area contributed by atoms with Crippen molar-refractivity contribution in [1.29, 1.82) is 0 Å². The zero-order valence-electron chi connectivity index (χ0n) is 8.49. The number of hydrazine groups is 1. The maximum atomic E-state index is 5.86. The van der Waals surface area contributed by atoms with E-state index in [2.05, 4.69) is 43.5 Å². The third-order valence-electron chi connectivity index (χ3n) is 2.30. The summed E-state index contributed by atoms with van der Waals surface area (Å²) in [5.41, 5.74) is 11.4. The molecular formula is C11H15N3. The van der Waals surface area contributed by atoms with Crippen LogP contribution in [0.4, 0.5) is 5.69 Å². The molecule has 0 bridgehead atoms. The lowest BCUT2D eigenvalue weighted by atomic mass is 10.2. The molecule has 0 aromatic heterocycles. The largest absolute Gasteiger partial charge is 0.384 e. The number of aryl methyl sites for hydroxylation is 1. The van der Waals surface area contributed by atoms with Crippen molar-refractivity contribution in [2.45, 2.75) is 19.9 Å². The average molecular weight is 189 g/mol. The summed E-state index contributed by atoms with van der Waals surface area (Å²) in [5.74, 6) is 0.765. The van der Waals surface area contributed by atoms with Gasteiger partial charge in [0.05, 0.1) is 5.69 Å². The molecule has 0 saturated carbocycles. The minimum atomic E-state index is 0.302. The van der Waals surface area contributed by atoms with Crippen molar-refractivity contribution >= 4 is 5.69 Å². The molecule has 14 heavy (non-hydrogen) atoms. The van der Waals surface area contributed by atoms with E-state index >= 15 is 0 Å². The van der Waals surface area contributed by atoms with E-state index in [1.54, 1.807) is 0 Å². The number of hydrogen-bond donors (Lipinski definition) is 2. The Morgan fingerprint density at radius 2 is 1.93 bits per heavy atom. The van der Waals surface area contributed by atoms with Crippen LogP contribution in [0.3, 0.4) is 0 Å². The van der Waals surface area contributed by atoms with Gasteiger partial charge in [-0.3, -0.25) is 5.01 Å². The first kappa shape index (κ1) is 9.09. The molecular weight excluding hydrogens is 174 g/mol. The smallest absolute Gasteiger partial charge is 0.116 e. The van der Waals surface area contributed by atoms with Crippen LogP contribution < -0.4 is 16.2 Å². The first-order chi connectivity index (χ1) is 6.66. The van der Waals surface area contributed by atoms with Crippen LogP contribution in [0.5, 0.6) is 0 Å². The van der Waals surface area contributed by atoms with Crippen molar-refractivity contribution in [2.75, 3.05) is 5.01 Å². The van der Waals surface area contributed by atoms with Gasteiger partial charge in [-0.25, -0.2) is 5.43 Å². The van der Waals surface area contributed by atoms with Crippen molar-refractivity contribution in [3.63, 3.8) is 0 Å². The van der Waals surface area contributed by atoms with E-state index in [9.17, 15) is 0 Å². The molecule has 2 rings (SSSR count). The second-order valence-electron chi connectivity index (χ2n) is 3.68. The van der Waals surface area contributed by atoms with Crippen LogP contribution in [0.1, 0.15) is 12.5 Å². The molecule has 3 nitrogen and oxygen atoms in total. The molecule has 1 aromatic rings. The van der Waals surface area contributed by atoms with Gasteiger partial charge < -0.3 is 5.73 Å². The molecule has 1 heterocycles. The highest BCUT2D eigenvalue weighted by Gasteiger charge is 2.18. The minimum absolute atomic E-state index is 0.302. The van der Waals surface area contributed by atoms with E-state index in [-0.39, 0.29) is 0 Å². The number of benzene rings is 1. The van der Waals surface area contributed by atoms with Gasteiger partial charge in [0.2, 0.25) is 0 Å². The molecule has 3 heteroatoms. The summed E-state index contributed by atoms with van der Waals surface area (Å²) in [7, 11) is 0. The molecule has 0 saturated heterocycles. The lowest BCUT2D eigenvalue weighted by Crippen LogP contribution is -2.37. The number of nitrogens with one attached hydrogen (secondary N) is 1. The lowest BCUT2D eigenvalue weighted by molar-refractivity contribution is 0.673. The van der Waals surface area contributed by atoms with Gasteiger partial charge in [0.1, 0.15) is 5.82 Å². The highest BCUT2D eigenvalue weighted by molar-refractivity contribution is 5.52. The second kappa shape index (κ2) is 3.35. The van der Waals surface area contributed by atoms with Crippen LogP contribution in [0.25, 0.3) is 0 Å². The molecule has 0 fully saturated rings. The highest BCUT2D eigenvalue weighted by Crippen LogP contribution is 2.19. The second-order valence-corrected chi connectivity index (χ2v) is 3.68. The zero-order chi connectivity index (χ0) is 10.1. The number of anilines is 1. The Hall–Kier alpha value is -1.48. The number of nitrogens with zero attached hydrogens (tertiary/aromatic N) is 1. The Morgan fingerprint density at radius 1 is 1.29 bits per heavy atom. The van der Waals surface area contributed by atoms with E-state index in [4.69, 9.17) is 5.73 Å². The molecule has 1 atom stereocenters. The average Bonchev–Trinajstić information content (AvgIpc) is 2.47. The summed E-state index contributed by atoms with van der Waals surface area (Å²) in [6, 6.07) is 8.57. The standard InChI is InChI=1S/C11H15N3/c1-8-3-5-10(6-4-8)14-11(12)7-9(2)13-14/h3-7,9,13H,12H2,1-2H3. The quantitative estimate of drug-likeness (QED) is 0.703. The first-order valence-corrected chi connectivity index (χ1v) is 4.77. The summed E-state index contributed by atoms with van der Waals surface area (Å²) in [6.07, 6.45) is 2.00. The SMILES string of the molecule is Cc1ccc(N2NC(C)C=C2N)cc1. The summed E-state index contributed by atoms with van der Waals surface area (Å²) < 4.78 is 0. The predicted molar refractivity (Wildman–Crippen MR) is 58.5 cm³/mol. The van der Waals surface area contributed by atoms with Crippen molar-refractivity contribution in [2.24, 2.45) is 5.73 Å². The fourth-order valence-corrected chi connectivity index (χ4v) is 1.56. The Bertz CT molecular complexity index is 353. The Morgan fingerprint density at radius 3 is 2.43 bits per heavy atom. The molecule has 1 aromatic carbocycles. The van der Waals surface area contributed by atoms with E-state index in [0.717, 1.165) is 11.5 Å². The molecule has 0 spiro atoms. The summed E-state index contributed by atoms with van der Waals surface area (Å²) in [5, 5.41) is 1.91. The van der Waals surface area contributed by atoms with E-state index in [1.807, 2.05) is 11.1 Å². The lowest BCUT2D eigenvalue weighted by Gasteiger charge is -2.21. The third-order valence-corrected chi connectivity index (χ3v) is 2.30. The van der Waals surface area contributed by atoms with Crippen LogP contribution >= 0.6 is 0 Å². The maximum Gasteiger partial charge on any atom is 0.116 e. The molecule has 1 aliphatic rings. The van der Waals surface area contributed by atoms with Gasteiger partial charge in [-0.1, -0.05) is 17.7 Å². The fraction of sp³-hybridized carbons (Fsp3) is 0.273. The summed E-state index contributed by atoms with van der Waals surface area (Å²) in [4.78, 5) is 0. The summed E-state index contributed by atoms with van der Waals surface area (Å²) in [6.45, 7) is 4.14. The maximum absolute atomic E-state index is 5.86. The van der Waals surface area contributed by atoms with Gasteiger partial charge in [-0.15, -0.1) is 0 Å². The molecule has 1 unspecified atom stereocenters. The van der Waals surface area contributed by atoms with Crippen LogP contribution in [0.15, 0.2) is 36.2 Å². The molecule has 0 aliphatic carbocycles. The first-order valence-electron chi connectivity index (χ1n) is 4.77. The van der Waals surface area contributed by atoms with Gasteiger partial charge in [-0.2, -0.15) is 0 Å². The van der Waals surface area contributed by atoms with Gasteiger partial charge >= 0.3 is 0 Å². The van der Waals surface area contributed by atoms with Crippen molar-refractivity contribution in [3.8, 4) is 0 Å². The third kappa shape index (κ3) is 1.59. The van der Waals surface area contributed by atoms with Crippen molar-refractivity contribution in [3.05, 3.63) is 41.7 Å². The van der Waals surface area contributed by atoms with Gasteiger partial charge in [0.15, 0.2) is 0 Å². The highest BCUT2D eigenvalue weighted by atomic mass is 15.6. The topological polar surface area (TPSA) is 41.3 Å². The molecule has 74 valence electrons. The zero-order valence-corrected chi connectivity index (χ0v) is 8.49. The monoisotopic (exact) mass is 189 g/mol. The minimum Gasteiger partial charge on any atom is -0.384 e. The number of hydrogen-bond acceptors (Lipinski definition) is 3. The number of rotatable bonds is 1. The summed E-state index contributed by atoms with van der Waals surface area (Å²) >= 11 is 0. The Balaban J connectivity index is 2.25. The molecule has 3 N–H and O–H groups in total. The van der Waals surface area contributed by atoms with Gasteiger partial charge in [0.25, 0.3) is 0 Å². The fourth-order valence-electron chi connectivity index (χ4n) is 1.56. The predicted octanol–water partition coefficient (Wildman–Crippen LogP) is 1.51. The van der Waals surface area contributed by atoms with Crippen LogP contribution in [0, 0.1) is 6.92 Å². The van der Waals surface area contributed by atoms with Crippen molar-refractivity contribution in [1.82, 2.24) is 5.43 Å². The van der Waals surface area contributed by atoms with E-state index in [1.165, 1.54) is 5.56 Å². The van der Waals surface area contributed by atoms with E-state index in [0.29, 0.717) is 6.04 Å².